The van der Waals surface area contributed by atoms with Crippen LogP contribution in [0.2, 0.25) is 0 Å². The van der Waals surface area contributed by atoms with Gasteiger partial charge in [-0.2, -0.15) is 0 Å². The molecule has 2 atom stereocenters. The lowest BCUT2D eigenvalue weighted by molar-refractivity contribution is 0.249. The molecule has 0 spiro atoms. The zero-order valence-electron chi connectivity index (χ0n) is 12.0. The Balaban J connectivity index is 1.44. The van der Waals surface area contributed by atoms with E-state index in [4.69, 9.17) is 0 Å². The quantitative estimate of drug-likeness (QED) is 0.839. The third kappa shape index (κ3) is 3.54. The first-order chi connectivity index (χ1) is 9.20. The Kier molecular flexibility index (Phi) is 3.84. The SMILES string of the molecule is CC1CC(C)N(CCn2cc(CNC3CC3)nn2)C1. The maximum atomic E-state index is 4.23. The van der Waals surface area contributed by atoms with Gasteiger partial charge in [-0.1, -0.05) is 12.1 Å². The van der Waals surface area contributed by atoms with Crippen LogP contribution in [0.1, 0.15) is 38.8 Å². The van der Waals surface area contributed by atoms with Gasteiger partial charge >= 0.3 is 0 Å². The Morgan fingerprint density at radius 2 is 2.16 bits per heavy atom. The minimum Gasteiger partial charge on any atom is -0.308 e. The Bertz CT molecular complexity index is 412. The van der Waals surface area contributed by atoms with Crippen LogP contribution in [0.4, 0.5) is 0 Å². The second-order valence-corrected chi connectivity index (χ2v) is 6.31. The largest absolute Gasteiger partial charge is 0.308 e. The van der Waals surface area contributed by atoms with E-state index in [1.807, 2.05) is 4.68 Å². The lowest BCUT2D eigenvalue weighted by Crippen LogP contribution is -2.30. The molecule has 1 saturated heterocycles. The van der Waals surface area contributed by atoms with Gasteiger partial charge in [-0.25, -0.2) is 0 Å². The molecular formula is C14H25N5. The summed E-state index contributed by atoms with van der Waals surface area (Å²) < 4.78 is 1.99. The van der Waals surface area contributed by atoms with Crippen molar-refractivity contribution in [1.29, 1.82) is 0 Å². The van der Waals surface area contributed by atoms with Crippen LogP contribution >= 0.6 is 0 Å². The van der Waals surface area contributed by atoms with E-state index in [-0.39, 0.29) is 0 Å². The summed E-state index contributed by atoms with van der Waals surface area (Å²) in [4.78, 5) is 2.56. The van der Waals surface area contributed by atoms with E-state index in [2.05, 4.69) is 40.6 Å². The van der Waals surface area contributed by atoms with Crippen molar-refractivity contribution in [3.63, 3.8) is 0 Å². The predicted octanol–water partition coefficient (Wildman–Crippen LogP) is 1.26. The summed E-state index contributed by atoms with van der Waals surface area (Å²) in [5.41, 5.74) is 1.06. The number of hydrogen-bond donors (Lipinski definition) is 1. The van der Waals surface area contributed by atoms with Gasteiger partial charge in [-0.15, -0.1) is 5.10 Å². The molecule has 19 heavy (non-hydrogen) atoms. The highest BCUT2D eigenvalue weighted by atomic mass is 15.4. The molecule has 3 rings (SSSR count). The molecule has 0 aromatic carbocycles. The number of nitrogens with one attached hydrogen (secondary N) is 1. The summed E-state index contributed by atoms with van der Waals surface area (Å²) in [6.45, 7) is 8.80. The van der Waals surface area contributed by atoms with Crippen LogP contribution in [0.5, 0.6) is 0 Å². The highest BCUT2D eigenvalue weighted by Gasteiger charge is 2.25. The predicted molar refractivity (Wildman–Crippen MR) is 74.7 cm³/mol. The Hall–Kier alpha value is -0.940. The summed E-state index contributed by atoms with van der Waals surface area (Å²) in [7, 11) is 0. The van der Waals surface area contributed by atoms with Gasteiger partial charge < -0.3 is 5.32 Å². The first-order valence-electron chi connectivity index (χ1n) is 7.57. The van der Waals surface area contributed by atoms with Gasteiger partial charge in [0.05, 0.1) is 12.2 Å². The third-order valence-corrected chi connectivity index (χ3v) is 4.26. The van der Waals surface area contributed by atoms with Gasteiger partial charge in [-0.3, -0.25) is 9.58 Å². The monoisotopic (exact) mass is 263 g/mol. The average Bonchev–Trinajstić information content (AvgIpc) is 3.01. The van der Waals surface area contributed by atoms with Crippen LogP contribution in [0, 0.1) is 5.92 Å². The van der Waals surface area contributed by atoms with Gasteiger partial charge in [0.2, 0.25) is 0 Å². The molecule has 1 aromatic rings. The second kappa shape index (κ2) is 5.59. The maximum absolute atomic E-state index is 4.23. The van der Waals surface area contributed by atoms with Crippen molar-refractivity contribution in [2.45, 2.75) is 58.3 Å². The topological polar surface area (TPSA) is 46.0 Å². The van der Waals surface area contributed by atoms with Crippen LogP contribution in [-0.4, -0.2) is 45.1 Å². The Morgan fingerprint density at radius 1 is 1.32 bits per heavy atom. The van der Waals surface area contributed by atoms with Gasteiger partial charge in [0.25, 0.3) is 0 Å². The zero-order valence-corrected chi connectivity index (χ0v) is 12.0. The lowest BCUT2D eigenvalue weighted by Gasteiger charge is -2.20. The fraction of sp³-hybridized carbons (Fsp3) is 0.857. The molecule has 5 nitrogen and oxygen atoms in total. The fourth-order valence-electron chi connectivity index (χ4n) is 2.99. The van der Waals surface area contributed by atoms with E-state index in [1.54, 1.807) is 0 Å². The first kappa shape index (κ1) is 13.1. The lowest BCUT2D eigenvalue weighted by atomic mass is 10.1. The van der Waals surface area contributed by atoms with Gasteiger partial charge in [-0.05, 0) is 32.1 Å². The smallest absolute Gasteiger partial charge is 0.0964 e. The summed E-state index contributed by atoms with van der Waals surface area (Å²) in [5, 5.41) is 11.9. The Labute approximate surface area is 115 Å². The van der Waals surface area contributed by atoms with Gasteiger partial charge in [0.1, 0.15) is 0 Å². The molecule has 0 radical (unpaired) electrons. The normalized spacial score (nSPS) is 28.1. The van der Waals surface area contributed by atoms with E-state index in [0.29, 0.717) is 0 Å². The van der Waals surface area contributed by atoms with Crippen molar-refractivity contribution >= 4 is 0 Å². The number of aromatic nitrogens is 3. The van der Waals surface area contributed by atoms with E-state index in [0.717, 1.165) is 43.3 Å². The molecule has 2 heterocycles. The standard InChI is InChI=1S/C14H25N5/c1-11-7-12(2)18(9-11)5-6-19-10-14(16-17-19)8-15-13-3-4-13/h10-13,15H,3-9H2,1-2H3. The molecule has 106 valence electrons. The molecule has 1 saturated carbocycles. The van der Waals surface area contributed by atoms with Crippen molar-refractivity contribution in [1.82, 2.24) is 25.2 Å². The number of likely N-dealkylation sites (tertiary alicyclic amines) is 1. The van der Waals surface area contributed by atoms with Crippen molar-refractivity contribution in [2.24, 2.45) is 5.92 Å². The minimum atomic E-state index is 0.717. The first-order valence-corrected chi connectivity index (χ1v) is 7.57. The van der Waals surface area contributed by atoms with E-state index in [1.165, 1.54) is 25.8 Å². The maximum Gasteiger partial charge on any atom is 0.0964 e. The third-order valence-electron chi connectivity index (χ3n) is 4.26. The Morgan fingerprint density at radius 3 is 2.84 bits per heavy atom. The van der Waals surface area contributed by atoms with Gasteiger partial charge in [0, 0.05) is 37.9 Å². The van der Waals surface area contributed by atoms with Crippen LogP contribution in [0.25, 0.3) is 0 Å². The van der Waals surface area contributed by atoms with E-state index < -0.39 is 0 Å². The van der Waals surface area contributed by atoms with Crippen LogP contribution < -0.4 is 5.32 Å². The van der Waals surface area contributed by atoms with Crippen molar-refractivity contribution in [2.75, 3.05) is 13.1 Å². The second-order valence-electron chi connectivity index (χ2n) is 6.31. The fourth-order valence-corrected chi connectivity index (χ4v) is 2.99. The van der Waals surface area contributed by atoms with Crippen molar-refractivity contribution in [3.05, 3.63) is 11.9 Å². The number of rotatable bonds is 6. The van der Waals surface area contributed by atoms with Crippen LogP contribution in [-0.2, 0) is 13.1 Å². The molecule has 2 aliphatic rings. The van der Waals surface area contributed by atoms with Crippen LogP contribution in [0.3, 0.4) is 0 Å². The zero-order chi connectivity index (χ0) is 13.2. The summed E-state index contributed by atoms with van der Waals surface area (Å²) >= 11 is 0. The molecule has 1 N–H and O–H groups in total. The molecule has 5 heteroatoms. The van der Waals surface area contributed by atoms with Crippen LogP contribution in [0.15, 0.2) is 6.20 Å². The molecular weight excluding hydrogens is 238 g/mol. The summed E-state index contributed by atoms with van der Waals surface area (Å²) in [5.74, 6) is 0.837. The summed E-state index contributed by atoms with van der Waals surface area (Å²) in [6.07, 6.45) is 6.05. The minimum absolute atomic E-state index is 0.717. The molecule has 0 bridgehead atoms. The van der Waals surface area contributed by atoms with E-state index >= 15 is 0 Å². The highest BCUT2D eigenvalue weighted by molar-refractivity contribution is 4.94. The summed E-state index contributed by atoms with van der Waals surface area (Å²) in [6, 6.07) is 1.45. The number of nitrogens with zero attached hydrogens (tertiary/aromatic N) is 4. The van der Waals surface area contributed by atoms with E-state index in [9.17, 15) is 0 Å². The molecule has 2 fully saturated rings. The molecule has 1 aliphatic heterocycles. The van der Waals surface area contributed by atoms with Crippen molar-refractivity contribution < 1.29 is 0 Å². The number of hydrogen-bond acceptors (Lipinski definition) is 4. The molecule has 1 aromatic heterocycles. The molecule has 1 aliphatic carbocycles. The highest BCUT2D eigenvalue weighted by Crippen LogP contribution is 2.21. The molecule has 2 unspecified atom stereocenters. The molecule has 0 amide bonds. The van der Waals surface area contributed by atoms with Gasteiger partial charge in [0.15, 0.2) is 0 Å². The van der Waals surface area contributed by atoms with Crippen molar-refractivity contribution in [3.8, 4) is 0 Å². The average molecular weight is 263 g/mol.